The molecule has 0 amide bonds. The van der Waals surface area contributed by atoms with Gasteiger partial charge in [-0.15, -0.1) is 0 Å². The molecule has 0 N–H and O–H groups in total. The summed E-state index contributed by atoms with van der Waals surface area (Å²) in [6.45, 7) is 0.577. The van der Waals surface area contributed by atoms with E-state index < -0.39 is 0 Å². The Morgan fingerprint density at radius 3 is 2.87 bits per heavy atom. The number of rotatable bonds is 1. The highest BCUT2D eigenvalue weighted by molar-refractivity contribution is 5.71. The van der Waals surface area contributed by atoms with Gasteiger partial charge in [0.1, 0.15) is 6.61 Å². The summed E-state index contributed by atoms with van der Waals surface area (Å²) in [6, 6.07) is 9.88. The van der Waals surface area contributed by atoms with E-state index in [0.717, 1.165) is 17.0 Å². The second-order valence-electron chi connectivity index (χ2n) is 3.30. The van der Waals surface area contributed by atoms with Crippen LogP contribution in [0.5, 0.6) is 5.75 Å². The lowest BCUT2D eigenvalue weighted by Crippen LogP contribution is -1.98. The number of ether oxygens (including phenoxy) is 1. The number of hydrogen-bond acceptors (Lipinski definition) is 3. The number of nitrogens with zero attached hydrogens (tertiary/aromatic N) is 1. The van der Waals surface area contributed by atoms with Crippen molar-refractivity contribution in [2.24, 2.45) is 0 Å². The van der Waals surface area contributed by atoms with E-state index in [4.69, 9.17) is 9.26 Å². The van der Waals surface area contributed by atoms with Crippen molar-refractivity contribution in [3.8, 4) is 17.0 Å². The van der Waals surface area contributed by atoms with Crippen molar-refractivity contribution in [1.82, 2.24) is 5.16 Å². The van der Waals surface area contributed by atoms with Crippen LogP contribution < -0.4 is 4.74 Å². The van der Waals surface area contributed by atoms with Crippen LogP contribution in [0.4, 0.5) is 0 Å². The highest BCUT2D eigenvalue weighted by Gasteiger charge is 2.18. The summed E-state index contributed by atoms with van der Waals surface area (Å²) in [7, 11) is 0. The summed E-state index contributed by atoms with van der Waals surface area (Å²) < 4.78 is 10.7. The van der Waals surface area contributed by atoms with Gasteiger partial charge in [0.2, 0.25) is 5.76 Å². The predicted octanol–water partition coefficient (Wildman–Crippen LogP) is 2.75. The van der Waals surface area contributed by atoms with Gasteiger partial charge in [-0.3, -0.25) is 0 Å². The zero-order valence-corrected chi connectivity index (χ0v) is 8.01. The van der Waals surface area contributed by atoms with Crippen LogP contribution in [-0.4, -0.2) is 11.8 Å². The van der Waals surface area contributed by atoms with Crippen LogP contribution in [0.15, 0.2) is 40.9 Å². The minimum atomic E-state index is 0.577. The maximum Gasteiger partial charge on any atom is 0.202 e. The molecule has 0 saturated heterocycles. The van der Waals surface area contributed by atoms with Crippen molar-refractivity contribution in [2.45, 2.75) is 0 Å². The SMILES string of the molecule is C1=Cc2onc(-c3ccccc3)c2OC1. The van der Waals surface area contributed by atoms with Crippen LogP contribution in [0.2, 0.25) is 0 Å². The van der Waals surface area contributed by atoms with Gasteiger partial charge in [0, 0.05) is 5.56 Å². The van der Waals surface area contributed by atoms with Gasteiger partial charge in [0.15, 0.2) is 11.4 Å². The summed E-state index contributed by atoms with van der Waals surface area (Å²) in [5.41, 5.74) is 1.78. The maximum absolute atomic E-state index is 5.51. The molecular weight excluding hydrogens is 190 g/mol. The molecule has 1 aromatic carbocycles. The number of aromatic nitrogens is 1. The Hall–Kier alpha value is -2.03. The lowest BCUT2D eigenvalue weighted by Gasteiger charge is -2.06. The molecule has 0 unspecified atom stereocenters. The molecule has 1 aliphatic heterocycles. The van der Waals surface area contributed by atoms with E-state index in [1.54, 1.807) is 0 Å². The topological polar surface area (TPSA) is 35.3 Å². The first-order chi connectivity index (χ1) is 7.45. The Morgan fingerprint density at radius 1 is 1.13 bits per heavy atom. The third kappa shape index (κ3) is 1.32. The Bertz CT molecular complexity index is 500. The van der Waals surface area contributed by atoms with Crippen LogP contribution in [-0.2, 0) is 0 Å². The second-order valence-corrected chi connectivity index (χ2v) is 3.30. The molecule has 0 spiro atoms. The van der Waals surface area contributed by atoms with Gasteiger partial charge in [0.05, 0.1) is 0 Å². The summed E-state index contributed by atoms with van der Waals surface area (Å²) in [5.74, 6) is 1.43. The van der Waals surface area contributed by atoms with E-state index in [9.17, 15) is 0 Å². The average molecular weight is 199 g/mol. The summed E-state index contributed by atoms with van der Waals surface area (Å²) in [4.78, 5) is 0. The molecule has 0 aliphatic carbocycles. The Morgan fingerprint density at radius 2 is 2.00 bits per heavy atom. The van der Waals surface area contributed by atoms with Gasteiger partial charge in [0.25, 0.3) is 0 Å². The van der Waals surface area contributed by atoms with Gasteiger partial charge in [-0.2, -0.15) is 0 Å². The largest absolute Gasteiger partial charge is 0.483 e. The van der Waals surface area contributed by atoms with Crippen LogP contribution in [0.1, 0.15) is 5.76 Å². The average Bonchev–Trinajstić information content (AvgIpc) is 2.74. The van der Waals surface area contributed by atoms with Crippen molar-refractivity contribution >= 4 is 6.08 Å². The normalized spacial score (nSPS) is 13.3. The zero-order valence-electron chi connectivity index (χ0n) is 8.01. The van der Waals surface area contributed by atoms with Gasteiger partial charge in [-0.25, -0.2) is 0 Å². The van der Waals surface area contributed by atoms with E-state index in [1.807, 2.05) is 42.5 Å². The third-order valence-electron chi connectivity index (χ3n) is 2.31. The van der Waals surface area contributed by atoms with E-state index in [0.29, 0.717) is 12.4 Å². The van der Waals surface area contributed by atoms with E-state index in [-0.39, 0.29) is 0 Å². The molecule has 3 rings (SSSR count). The Balaban J connectivity index is 2.14. The van der Waals surface area contributed by atoms with Gasteiger partial charge >= 0.3 is 0 Å². The Labute approximate surface area is 87.0 Å². The molecule has 0 fully saturated rings. The molecule has 74 valence electrons. The van der Waals surface area contributed by atoms with Crippen molar-refractivity contribution in [3.63, 3.8) is 0 Å². The van der Waals surface area contributed by atoms with Crippen LogP contribution in [0, 0.1) is 0 Å². The van der Waals surface area contributed by atoms with E-state index in [2.05, 4.69) is 5.16 Å². The first kappa shape index (κ1) is 8.29. The molecule has 2 heterocycles. The molecule has 0 bridgehead atoms. The minimum absolute atomic E-state index is 0.577. The molecule has 1 aromatic heterocycles. The molecule has 2 aromatic rings. The van der Waals surface area contributed by atoms with Gasteiger partial charge < -0.3 is 9.26 Å². The molecule has 1 aliphatic rings. The third-order valence-corrected chi connectivity index (χ3v) is 2.31. The summed E-state index contributed by atoms with van der Waals surface area (Å²) in [6.07, 6.45) is 3.79. The molecule has 0 radical (unpaired) electrons. The van der Waals surface area contributed by atoms with E-state index >= 15 is 0 Å². The quantitative estimate of drug-likeness (QED) is 0.708. The van der Waals surface area contributed by atoms with Gasteiger partial charge in [-0.05, 0) is 12.2 Å². The number of fused-ring (bicyclic) bond motifs is 1. The second kappa shape index (κ2) is 3.28. The maximum atomic E-state index is 5.51. The molecule has 0 atom stereocenters. The molecule has 15 heavy (non-hydrogen) atoms. The lowest BCUT2D eigenvalue weighted by molar-refractivity contribution is 0.343. The van der Waals surface area contributed by atoms with Crippen LogP contribution in [0.25, 0.3) is 17.3 Å². The zero-order chi connectivity index (χ0) is 10.1. The Kier molecular flexibility index (Phi) is 1.81. The van der Waals surface area contributed by atoms with Gasteiger partial charge in [-0.1, -0.05) is 35.5 Å². The minimum Gasteiger partial charge on any atom is -0.483 e. The standard InChI is InChI=1S/C12H9NO2/c1-2-5-9(6-3-1)11-12-10(15-13-11)7-4-8-14-12/h1-7H,8H2. The summed E-state index contributed by atoms with van der Waals surface area (Å²) in [5, 5.41) is 4.02. The van der Waals surface area contributed by atoms with E-state index in [1.165, 1.54) is 0 Å². The van der Waals surface area contributed by atoms with Crippen molar-refractivity contribution in [2.75, 3.05) is 6.61 Å². The fourth-order valence-electron chi connectivity index (χ4n) is 1.61. The van der Waals surface area contributed by atoms with Crippen molar-refractivity contribution in [3.05, 3.63) is 42.2 Å². The lowest BCUT2D eigenvalue weighted by atomic mass is 10.1. The fourth-order valence-corrected chi connectivity index (χ4v) is 1.61. The molecular formula is C12H9NO2. The fraction of sp³-hybridized carbons (Fsp3) is 0.0833. The molecule has 3 nitrogen and oxygen atoms in total. The van der Waals surface area contributed by atoms with Crippen LogP contribution >= 0.6 is 0 Å². The monoisotopic (exact) mass is 199 g/mol. The molecule has 0 saturated carbocycles. The highest BCUT2D eigenvalue weighted by Crippen LogP contribution is 2.34. The number of benzene rings is 1. The highest BCUT2D eigenvalue weighted by atomic mass is 16.5. The van der Waals surface area contributed by atoms with Crippen molar-refractivity contribution in [1.29, 1.82) is 0 Å². The predicted molar refractivity (Wildman–Crippen MR) is 56.5 cm³/mol. The molecule has 3 heteroatoms. The first-order valence-electron chi connectivity index (χ1n) is 4.79. The summed E-state index contributed by atoms with van der Waals surface area (Å²) >= 11 is 0. The number of hydrogen-bond donors (Lipinski definition) is 0. The van der Waals surface area contributed by atoms with Crippen LogP contribution in [0.3, 0.4) is 0 Å². The smallest absolute Gasteiger partial charge is 0.202 e. The first-order valence-corrected chi connectivity index (χ1v) is 4.79. The van der Waals surface area contributed by atoms with Crippen molar-refractivity contribution < 1.29 is 9.26 Å².